The van der Waals surface area contributed by atoms with E-state index >= 15 is 0 Å². The number of hydrogen-bond acceptors (Lipinski definition) is 4. The first-order valence-corrected chi connectivity index (χ1v) is 7.62. The highest BCUT2D eigenvalue weighted by molar-refractivity contribution is 5.94. The van der Waals surface area contributed by atoms with Gasteiger partial charge in [0.15, 0.2) is 0 Å². The Bertz CT molecular complexity index is 681. The van der Waals surface area contributed by atoms with Gasteiger partial charge in [-0.05, 0) is 36.4 Å². The summed E-state index contributed by atoms with van der Waals surface area (Å²) in [7, 11) is 0. The lowest BCUT2D eigenvalue weighted by Gasteiger charge is -2.36. The van der Waals surface area contributed by atoms with Crippen molar-refractivity contribution >= 4 is 11.6 Å². The molecule has 0 spiro atoms. The lowest BCUT2D eigenvalue weighted by molar-refractivity contribution is 0.0746. The fourth-order valence-corrected chi connectivity index (χ4v) is 2.73. The molecule has 1 amide bonds. The number of nitrogens with zero attached hydrogens (tertiary/aromatic N) is 3. The molecule has 2 N–H and O–H groups in total. The second-order valence-corrected chi connectivity index (χ2v) is 5.50. The smallest absolute Gasteiger partial charge is 0.254 e. The zero-order chi connectivity index (χ0) is 16.2. The number of benzene rings is 1. The highest BCUT2D eigenvalue weighted by Crippen LogP contribution is 2.18. The summed E-state index contributed by atoms with van der Waals surface area (Å²) in [6.07, 6.45) is 1.62. The van der Waals surface area contributed by atoms with Gasteiger partial charge >= 0.3 is 0 Å². The number of carbonyl (C=O) groups is 1. The van der Waals surface area contributed by atoms with Crippen LogP contribution in [0.2, 0.25) is 0 Å². The van der Waals surface area contributed by atoms with E-state index in [2.05, 4.69) is 9.88 Å². The number of anilines is 1. The molecular formula is C17H19FN4O. The van der Waals surface area contributed by atoms with Crippen molar-refractivity contribution in [2.24, 2.45) is 5.73 Å². The summed E-state index contributed by atoms with van der Waals surface area (Å²) in [4.78, 5) is 20.6. The Hall–Kier alpha value is -2.47. The quantitative estimate of drug-likeness (QED) is 0.935. The summed E-state index contributed by atoms with van der Waals surface area (Å²) in [5.74, 6) is -0.239. The van der Waals surface area contributed by atoms with Crippen molar-refractivity contribution in [1.82, 2.24) is 9.88 Å². The van der Waals surface area contributed by atoms with Crippen LogP contribution in [0.15, 0.2) is 42.6 Å². The van der Waals surface area contributed by atoms with Crippen molar-refractivity contribution in [2.75, 3.05) is 31.1 Å². The summed E-state index contributed by atoms with van der Waals surface area (Å²) < 4.78 is 13.0. The molecule has 6 heteroatoms. The van der Waals surface area contributed by atoms with Gasteiger partial charge in [-0.3, -0.25) is 9.78 Å². The number of piperazine rings is 1. The Morgan fingerprint density at radius 2 is 1.83 bits per heavy atom. The lowest BCUT2D eigenvalue weighted by Crippen LogP contribution is -2.48. The second kappa shape index (κ2) is 6.75. The van der Waals surface area contributed by atoms with Crippen LogP contribution in [0, 0.1) is 5.82 Å². The van der Waals surface area contributed by atoms with Gasteiger partial charge in [0.05, 0.1) is 5.69 Å². The zero-order valence-corrected chi connectivity index (χ0v) is 12.8. The van der Waals surface area contributed by atoms with Crippen LogP contribution in [0.3, 0.4) is 0 Å². The molecule has 1 aromatic heterocycles. The average Bonchev–Trinajstić information content (AvgIpc) is 2.62. The van der Waals surface area contributed by atoms with Crippen LogP contribution in [0.4, 0.5) is 10.1 Å². The molecule has 120 valence electrons. The Labute approximate surface area is 134 Å². The third-order valence-corrected chi connectivity index (χ3v) is 4.03. The Kier molecular flexibility index (Phi) is 4.52. The van der Waals surface area contributed by atoms with E-state index in [0.717, 1.165) is 18.8 Å². The van der Waals surface area contributed by atoms with Gasteiger partial charge in [0.25, 0.3) is 5.91 Å². The largest absolute Gasteiger partial charge is 0.368 e. The molecule has 1 aliphatic heterocycles. The number of aromatic nitrogens is 1. The van der Waals surface area contributed by atoms with Gasteiger partial charge in [-0.15, -0.1) is 0 Å². The van der Waals surface area contributed by atoms with Crippen molar-refractivity contribution < 1.29 is 9.18 Å². The van der Waals surface area contributed by atoms with E-state index in [1.807, 2.05) is 4.90 Å². The first-order valence-electron chi connectivity index (χ1n) is 7.62. The fraction of sp³-hybridized carbons (Fsp3) is 0.294. The summed E-state index contributed by atoms with van der Waals surface area (Å²) in [6, 6.07) is 9.91. The Morgan fingerprint density at radius 3 is 2.48 bits per heavy atom. The van der Waals surface area contributed by atoms with E-state index in [1.54, 1.807) is 30.5 Å². The summed E-state index contributed by atoms with van der Waals surface area (Å²) >= 11 is 0. The number of rotatable bonds is 3. The second-order valence-electron chi connectivity index (χ2n) is 5.50. The van der Waals surface area contributed by atoms with E-state index in [-0.39, 0.29) is 11.7 Å². The Morgan fingerprint density at radius 1 is 1.13 bits per heavy atom. The van der Waals surface area contributed by atoms with Gasteiger partial charge in [0.2, 0.25) is 0 Å². The van der Waals surface area contributed by atoms with E-state index in [1.165, 1.54) is 12.1 Å². The number of carbonyl (C=O) groups excluding carboxylic acids is 1. The SMILES string of the molecule is NCc1cc(C(=O)N2CCN(c3ccc(F)cc3)CC2)ccn1. The number of amides is 1. The number of nitrogens with two attached hydrogens (primary N) is 1. The third-order valence-electron chi connectivity index (χ3n) is 4.03. The maximum atomic E-state index is 13.0. The van der Waals surface area contributed by atoms with Crippen LogP contribution in [-0.2, 0) is 6.54 Å². The number of hydrogen-bond donors (Lipinski definition) is 1. The molecule has 1 saturated heterocycles. The molecule has 0 saturated carbocycles. The molecule has 0 unspecified atom stereocenters. The van der Waals surface area contributed by atoms with Crippen molar-refractivity contribution in [2.45, 2.75) is 6.54 Å². The highest BCUT2D eigenvalue weighted by Gasteiger charge is 2.22. The molecule has 2 heterocycles. The fourth-order valence-electron chi connectivity index (χ4n) is 2.73. The van der Waals surface area contributed by atoms with E-state index in [9.17, 15) is 9.18 Å². The minimum atomic E-state index is -0.240. The number of pyridine rings is 1. The first-order chi connectivity index (χ1) is 11.2. The molecule has 1 aliphatic rings. The molecule has 1 fully saturated rings. The van der Waals surface area contributed by atoms with Crippen molar-refractivity contribution in [3.8, 4) is 0 Å². The average molecular weight is 314 g/mol. The van der Waals surface area contributed by atoms with E-state index in [4.69, 9.17) is 5.73 Å². The summed E-state index contributed by atoms with van der Waals surface area (Å²) in [5.41, 5.74) is 7.88. The summed E-state index contributed by atoms with van der Waals surface area (Å²) in [6.45, 7) is 3.05. The van der Waals surface area contributed by atoms with E-state index in [0.29, 0.717) is 30.9 Å². The maximum absolute atomic E-state index is 13.0. The molecule has 0 bridgehead atoms. The summed E-state index contributed by atoms with van der Waals surface area (Å²) in [5, 5.41) is 0. The van der Waals surface area contributed by atoms with Gasteiger partial charge in [-0.2, -0.15) is 0 Å². The normalized spacial score (nSPS) is 14.9. The third kappa shape index (κ3) is 3.48. The van der Waals surface area contributed by atoms with Crippen LogP contribution in [-0.4, -0.2) is 42.0 Å². The van der Waals surface area contributed by atoms with Crippen LogP contribution in [0.5, 0.6) is 0 Å². The van der Waals surface area contributed by atoms with E-state index < -0.39 is 0 Å². The lowest BCUT2D eigenvalue weighted by atomic mass is 10.1. The molecule has 1 aromatic carbocycles. The van der Waals surface area contributed by atoms with Gasteiger partial charge in [0.1, 0.15) is 5.82 Å². The van der Waals surface area contributed by atoms with Crippen LogP contribution < -0.4 is 10.6 Å². The first kappa shape index (κ1) is 15.4. The number of halogens is 1. The molecule has 0 aliphatic carbocycles. The minimum Gasteiger partial charge on any atom is -0.368 e. The van der Waals surface area contributed by atoms with Crippen LogP contribution >= 0.6 is 0 Å². The predicted octanol–water partition coefficient (Wildman–Crippen LogP) is 1.64. The van der Waals surface area contributed by atoms with Gasteiger partial charge in [0, 0.05) is 50.2 Å². The minimum absolute atomic E-state index is 0.000793. The standard InChI is InChI=1S/C17H19FN4O/c18-14-1-3-16(4-2-14)21-7-9-22(10-8-21)17(23)13-5-6-20-15(11-13)12-19/h1-6,11H,7-10,12,19H2. The molecule has 3 rings (SSSR count). The Balaban J connectivity index is 1.64. The van der Waals surface area contributed by atoms with Crippen molar-refractivity contribution in [3.63, 3.8) is 0 Å². The highest BCUT2D eigenvalue weighted by atomic mass is 19.1. The predicted molar refractivity (Wildman–Crippen MR) is 86.6 cm³/mol. The van der Waals surface area contributed by atoms with Crippen molar-refractivity contribution in [1.29, 1.82) is 0 Å². The van der Waals surface area contributed by atoms with Crippen molar-refractivity contribution in [3.05, 3.63) is 59.7 Å². The molecule has 5 nitrogen and oxygen atoms in total. The van der Waals surface area contributed by atoms with Crippen LogP contribution in [0.1, 0.15) is 16.1 Å². The molecule has 2 aromatic rings. The molecular weight excluding hydrogens is 295 g/mol. The van der Waals surface area contributed by atoms with Crippen LogP contribution in [0.25, 0.3) is 0 Å². The van der Waals surface area contributed by atoms with Gasteiger partial charge < -0.3 is 15.5 Å². The zero-order valence-electron chi connectivity index (χ0n) is 12.8. The monoisotopic (exact) mass is 314 g/mol. The molecule has 0 radical (unpaired) electrons. The molecule has 0 atom stereocenters. The van der Waals surface area contributed by atoms with Gasteiger partial charge in [-0.1, -0.05) is 0 Å². The van der Waals surface area contributed by atoms with Gasteiger partial charge in [-0.25, -0.2) is 4.39 Å². The maximum Gasteiger partial charge on any atom is 0.254 e. The molecule has 23 heavy (non-hydrogen) atoms. The topological polar surface area (TPSA) is 62.5 Å².